The highest BCUT2D eigenvalue weighted by Gasteiger charge is 2.27. The summed E-state index contributed by atoms with van der Waals surface area (Å²) >= 11 is 4.66. The lowest BCUT2D eigenvalue weighted by Crippen LogP contribution is -2.15. The zero-order valence-electron chi connectivity index (χ0n) is 10.9. The van der Waals surface area contributed by atoms with Gasteiger partial charge < -0.3 is 4.74 Å². The van der Waals surface area contributed by atoms with Crippen LogP contribution >= 0.6 is 11.6 Å². The number of ether oxygens (including phenoxy) is 1. The van der Waals surface area contributed by atoms with Gasteiger partial charge in [0, 0.05) is 29.1 Å². The van der Waals surface area contributed by atoms with Crippen molar-refractivity contribution < 1.29 is 17.9 Å². The van der Waals surface area contributed by atoms with E-state index >= 15 is 0 Å². The van der Waals surface area contributed by atoms with Crippen LogP contribution in [0, 0.1) is 5.82 Å². The fraction of sp³-hybridized carbons (Fsp3) is 0.143. The minimum Gasteiger partial charge on any atom is -0.420 e. The lowest BCUT2D eigenvalue weighted by atomic mass is 10.2. The van der Waals surface area contributed by atoms with Crippen LogP contribution in [0.25, 0.3) is 0 Å². The average Bonchev–Trinajstić information content (AvgIpc) is 2.39. The number of halogens is 4. The van der Waals surface area contributed by atoms with Gasteiger partial charge >= 0.3 is 5.57 Å². The zero-order valence-corrected chi connectivity index (χ0v) is 11.6. The van der Waals surface area contributed by atoms with Crippen LogP contribution in [0.3, 0.4) is 0 Å². The second kappa shape index (κ2) is 6.13. The van der Waals surface area contributed by atoms with Crippen LogP contribution in [-0.2, 0) is 0 Å². The smallest absolute Gasteiger partial charge is 0.420 e. The van der Waals surface area contributed by atoms with Crippen molar-refractivity contribution >= 4 is 23.0 Å². The summed E-state index contributed by atoms with van der Waals surface area (Å²) < 4.78 is 42.1. The molecule has 0 unspecified atom stereocenters. The molecule has 0 amide bonds. The van der Waals surface area contributed by atoms with Crippen LogP contribution in [0.5, 0.6) is 5.75 Å². The number of hydrogen-bond donors (Lipinski definition) is 0. The number of aromatic nitrogens is 1. The first-order valence-electron chi connectivity index (χ1n) is 5.85. The lowest BCUT2D eigenvalue weighted by molar-refractivity contribution is -0.0964. The first-order valence-corrected chi connectivity index (χ1v) is 6.23. The molecule has 0 aliphatic carbocycles. The van der Waals surface area contributed by atoms with E-state index in [1.165, 1.54) is 36.5 Å². The molecule has 0 radical (unpaired) electrons. The van der Waals surface area contributed by atoms with Crippen LogP contribution in [0.4, 0.5) is 18.9 Å². The molecule has 21 heavy (non-hydrogen) atoms. The topological polar surface area (TPSA) is 34.5 Å². The Morgan fingerprint density at radius 1 is 1.24 bits per heavy atom. The normalized spacial score (nSPS) is 12.3. The molecule has 0 saturated heterocycles. The predicted octanol–water partition coefficient (Wildman–Crippen LogP) is 4.53. The molecule has 0 saturated carbocycles. The fourth-order valence-electron chi connectivity index (χ4n) is 1.59. The summed E-state index contributed by atoms with van der Waals surface area (Å²) in [6.45, 7) is 1.69. The summed E-state index contributed by atoms with van der Waals surface area (Å²) in [7, 11) is 0. The van der Waals surface area contributed by atoms with E-state index in [2.05, 4.69) is 26.3 Å². The standard InChI is InChI=1S/C14H10ClF3N2O/c1-9(10-6-11(16)8-19-7-10)20-12-2-4-13(5-3-12)21-14(15,17)18/h2-8H,1H3/b20-9+. The number of pyridine rings is 1. The van der Waals surface area contributed by atoms with Crippen molar-refractivity contribution in [1.82, 2.24) is 4.98 Å². The summed E-state index contributed by atoms with van der Waals surface area (Å²) in [5.41, 5.74) is -2.18. The number of benzene rings is 1. The molecule has 7 heteroatoms. The second-order valence-electron chi connectivity index (χ2n) is 4.13. The Labute approximate surface area is 124 Å². The predicted molar refractivity (Wildman–Crippen MR) is 73.9 cm³/mol. The van der Waals surface area contributed by atoms with Gasteiger partial charge in [-0.05, 0) is 37.3 Å². The highest BCUT2D eigenvalue weighted by Crippen LogP contribution is 2.26. The van der Waals surface area contributed by atoms with Gasteiger partial charge in [-0.2, -0.15) is 0 Å². The van der Waals surface area contributed by atoms with Crippen LogP contribution in [-0.4, -0.2) is 16.3 Å². The van der Waals surface area contributed by atoms with Gasteiger partial charge in [-0.15, -0.1) is 8.78 Å². The van der Waals surface area contributed by atoms with Gasteiger partial charge in [-0.25, -0.2) is 4.39 Å². The molecule has 0 fully saturated rings. The van der Waals surface area contributed by atoms with E-state index in [-0.39, 0.29) is 5.75 Å². The highest BCUT2D eigenvalue weighted by molar-refractivity contribution is 6.20. The van der Waals surface area contributed by atoms with E-state index < -0.39 is 11.4 Å². The quantitative estimate of drug-likeness (QED) is 0.614. The number of rotatable bonds is 4. The van der Waals surface area contributed by atoms with Crippen LogP contribution < -0.4 is 4.74 Å². The Hall–Kier alpha value is -2.08. The third kappa shape index (κ3) is 4.75. The summed E-state index contributed by atoms with van der Waals surface area (Å²) in [6.07, 6.45) is 2.57. The summed E-state index contributed by atoms with van der Waals surface area (Å²) in [5.74, 6) is -0.547. The van der Waals surface area contributed by atoms with Crippen molar-refractivity contribution in [3.05, 3.63) is 54.1 Å². The molecule has 0 aliphatic rings. The highest BCUT2D eigenvalue weighted by atomic mass is 35.5. The van der Waals surface area contributed by atoms with E-state index in [9.17, 15) is 13.2 Å². The summed E-state index contributed by atoms with van der Waals surface area (Å²) in [6, 6.07) is 6.89. The Bertz CT molecular complexity index is 654. The van der Waals surface area contributed by atoms with E-state index in [4.69, 9.17) is 0 Å². The Morgan fingerprint density at radius 3 is 2.48 bits per heavy atom. The molecule has 1 heterocycles. The van der Waals surface area contributed by atoms with Crippen molar-refractivity contribution in [1.29, 1.82) is 0 Å². The lowest BCUT2D eigenvalue weighted by Gasteiger charge is -2.10. The van der Waals surface area contributed by atoms with Gasteiger partial charge in [0.25, 0.3) is 0 Å². The monoisotopic (exact) mass is 314 g/mol. The van der Waals surface area contributed by atoms with Crippen molar-refractivity contribution in [2.75, 3.05) is 0 Å². The van der Waals surface area contributed by atoms with E-state index in [0.29, 0.717) is 17.0 Å². The van der Waals surface area contributed by atoms with Crippen molar-refractivity contribution in [3.8, 4) is 5.75 Å². The van der Waals surface area contributed by atoms with E-state index in [1.807, 2.05) is 0 Å². The van der Waals surface area contributed by atoms with Crippen LogP contribution in [0.1, 0.15) is 12.5 Å². The van der Waals surface area contributed by atoms with Gasteiger partial charge in [0.05, 0.1) is 11.9 Å². The van der Waals surface area contributed by atoms with Crippen LogP contribution in [0.2, 0.25) is 0 Å². The Kier molecular flexibility index (Phi) is 4.47. The molecule has 3 nitrogen and oxygen atoms in total. The Morgan fingerprint density at radius 2 is 1.90 bits per heavy atom. The SMILES string of the molecule is C/C(=N\c1ccc(OC(F)(F)Cl)cc1)c1cncc(F)c1. The molecule has 1 aromatic carbocycles. The maximum atomic E-state index is 13.1. The molecule has 0 aliphatic heterocycles. The first-order chi connectivity index (χ1) is 9.83. The number of nitrogens with zero attached hydrogens (tertiary/aromatic N) is 2. The number of aliphatic imine (C=N–C) groups is 1. The molecule has 0 N–H and O–H groups in total. The molecule has 2 rings (SSSR count). The third-order valence-electron chi connectivity index (χ3n) is 2.49. The number of alkyl halides is 3. The average molecular weight is 315 g/mol. The molecular formula is C14H10ClF3N2O. The molecule has 2 aromatic rings. The van der Waals surface area contributed by atoms with Gasteiger partial charge in [-0.1, -0.05) is 0 Å². The molecule has 1 aromatic heterocycles. The number of hydrogen-bond acceptors (Lipinski definition) is 3. The van der Waals surface area contributed by atoms with Crippen molar-refractivity contribution in [3.63, 3.8) is 0 Å². The second-order valence-corrected chi connectivity index (χ2v) is 4.57. The molecular weight excluding hydrogens is 305 g/mol. The van der Waals surface area contributed by atoms with Crippen molar-refractivity contribution in [2.24, 2.45) is 4.99 Å². The summed E-state index contributed by atoms with van der Waals surface area (Å²) in [5, 5.41) is 0. The van der Waals surface area contributed by atoms with E-state index in [1.54, 1.807) is 6.92 Å². The maximum Gasteiger partial charge on any atom is 0.487 e. The third-order valence-corrected chi connectivity index (χ3v) is 2.57. The minimum absolute atomic E-state index is 0.0842. The maximum absolute atomic E-state index is 13.1. The van der Waals surface area contributed by atoms with Crippen molar-refractivity contribution in [2.45, 2.75) is 12.5 Å². The summed E-state index contributed by atoms with van der Waals surface area (Å²) in [4.78, 5) is 7.97. The molecule has 0 atom stereocenters. The van der Waals surface area contributed by atoms with Gasteiger partial charge in [0.15, 0.2) is 0 Å². The van der Waals surface area contributed by atoms with Gasteiger partial charge in [0.1, 0.15) is 11.6 Å². The zero-order chi connectivity index (χ0) is 15.5. The molecule has 110 valence electrons. The first kappa shape index (κ1) is 15.3. The molecule has 0 spiro atoms. The van der Waals surface area contributed by atoms with E-state index in [0.717, 1.165) is 6.20 Å². The fourth-order valence-corrected chi connectivity index (χ4v) is 1.68. The van der Waals surface area contributed by atoms with Gasteiger partial charge in [-0.3, -0.25) is 9.98 Å². The van der Waals surface area contributed by atoms with Gasteiger partial charge in [0.2, 0.25) is 0 Å². The largest absolute Gasteiger partial charge is 0.487 e. The minimum atomic E-state index is -3.76. The van der Waals surface area contributed by atoms with Crippen LogP contribution in [0.15, 0.2) is 47.7 Å². The Balaban J connectivity index is 2.17. The molecule has 0 bridgehead atoms.